The van der Waals surface area contributed by atoms with Crippen LogP contribution in [0.5, 0.6) is 17.2 Å². The summed E-state index contributed by atoms with van der Waals surface area (Å²) in [7, 11) is 4.73. The van der Waals surface area contributed by atoms with Crippen molar-refractivity contribution in [3.05, 3.63) is 30.0 Å². The van der Waals surface area contributed by atoms with E-state index in [9.17, 15) is 0 Å². The maximum atomic E-state index is 5.81. The average molecular weight is 277 g/mol. The van der Waals surface area contributed by atoms with Gasteiger partial charge in [-0.25, -0.2) is 0 Å². The minimum absolute atomic E-state index is 0.158. The number of methoxy groups -OCH3 is 3. The van der Waals surface area contributed by atoms with Gasteiger partial charge in [-0.15, -0.1) is 0 Å². The second kappa shape index (κ2) is 5.88. The molecular formula is C15H19NO4. The number of hydrogen-bond donors (Lipinski definition) is 1. The highest BCUT2D eigenvalue weighted by molar-refractivity contribution is 5.73. The second-order valence-corrected chi connectivity index (χ2v) is 4.37. The van der Waals surface area contributed by atoms with Crippen LogP contribution in [-0.2, 0) is 0 Å². The Kier molecular flexibility index (Phi) is 4.20. The molecule has 1 aromatic carbocycles. The maximum Gasteiger partial charge on any atom is 0.204 e. The van der Waals surface area contributed by atoms with Gasteiger partial charge in [0.25, 0.3) is 0 Å². The number of hydrogen-bond acceptors (Lipinski definition) is 5. The smallest absolute Gasteiger partial charge is 0.204 e. The minimum atomic E-state index is -0.158. The predicted molar refractivity (Wildman–Crippen MR) is 76.4 cm³/mol. The van der Waals surface area contributed by atoms with E-state index in [-0.39, 0.29) is 6.04 Å². The van der Waals surface area contributed by atoms with Crippen molar-refractivity contribution in [2.45, 2.75) is 13.0 Å². The van der Waals surface area contributed by atoms with Crippen LogP contribution in [0.2, 0.25) is 0 Å². The Morgan fingerprint density at radius 2 is 1.65 bits per heavy atom. The first kappa shape index (κ1) is 14.3. The Bertz CT molecular complexity index is 590. The topological polar surface area (TPSA) is 66.9 Å². The zero-order valence-electron chi connectivity index (χ0n) is 12.1. The lowest BCUT2D eigenvalue weighted by Crippen LogP contribution is -2.02. The van der Waals surface area contributed by atoms with Crippen LogP contribution >= 0.6 is 0 Å². The molecule has 2 rings (SSSR count). The van der Waals surface area contributed by atoms with E-state index in [4.69, 9.17) is 24.4 Å². The third-order valence-corrected chi connectivity index (χ3v) is 3.05. The molecule has 0 aliphatic heterocycles. The van der Waals surface area contributed by atoms with Gasteiger partial charge in [0.15, 0.2) is 11.5 Å². The molecule has 5 heteroatoms. The Morgan fingerprint density at radius 3 is 2.15 bits per heavy atom. The molecule has 1 aromatic heterocycles. The molecule has 0 spiro atoms. The van der Waals surface area contributed by atoms with Crippen LogP contribution in [0, 0.1) is 0 Å². The number of furan rings is 1. The summed E-state index contributed by atoms with van der Waals surface area (Å²) in [6.45, 7) is 1.87. The molecule has 2 N–H and O–H groups in total. The van der Waals surface area contributed by atoms with Crippen LogP contribution in [0.4, 0.5) is 0 Å². The van der Waals surface area contributed by atoms with Crippen LogP contribution in [-0.4, -0.2) is 21.3 Å². The zero-order valence-corrected chi connectivity index (χ0v) is 12.1. The predicted octanol–water partition coefficient (Wildman–Crippen LogP) is 2.99. The molecule has 108 valence electrons. The molecule has 0 saturated heterocycles. The standard InChI is InChI=1S/C15H19NO4/c1-9(16)11-7-8-12(20-11)10-5-6-13(17-2)15(19-4)14(10)18-3/h5-9H,16H2,1-4H3. The highest BCUT2D eigenvalue weighted by atomic mass is 16.5. The Balaban J connectivity index is 2.55. The van der Waals surface area contributed by atoms with Crippen LogP contribution in [0.3, 0.4) is 0 Å². The first-order chi connectivity index (χ1) is 9.62. The van der Waals surface area contributed by atoms with Gasteiger partial charge >= 0.3 is 0 Å². The maximum absolute atomic E-state index is 5.81. The Labute approximate surface area is 118 Å². The summed E-state index contributed by atoms with van der Waals surface area (Å²) >= 11 is 0. The summed E-state index contributed by atoms with van der Waals surface area (Å²) in [5.74, 6) is 3.10. The third kappa shape index (κ3) is 2.44. The van der Waals surface area contributed by atoms with E-state index in [2.05, 4.69) is 0 Å². The van der Waals surface area contributed by atoms with Crippen molar-refractivity contribution in [2.75, 3.05) is 21.3 Å². The number of benzene rings is 1. The fraction of sp³-hybridized carbons (Fsp3) is 0.333. The van der Waals surface area contributed by atoms with Crippen molar-refractivity contribution in [1.82, 2.24) is 0 Å². The summed E-state index contributed by atoms with van der Waals surface area (Å²) < 4.78 is 21.8. The third-order valence-electron chi connectivity index (χ3n) is 3.05. The van der Waals surface area contributed by atoms with Crippen molar-refractivity contribution in [1.29, 1.82) is 0 Å². The van der Waals surface area contributed by atoms with Gasteiger partial charge in [-0.1, -0.05) is 0 Å². The zero-order chi connectivity index (χ0) is 14.7. The number of nitrogens with two attached hydrogens (primary N) is 1. The average Bonchev–Trinajstić information content (AvgIpc) is 2.95. The molecule has 0 bridgehead atoms. The lowest BCUT2D eigenvalue weighted by molar-refractivity contribution is 0.324. The first-order valence-electron chi connectivity index (χ1n) is 6.27. The highest BCUT2D eigenvalue weighted by Crippen LogP contribution is 2.44. The minimum Gasteiger partial charge on any atom is -0.493 e. The van der Waals surface area contributed by atoms with E-state index >= 15 is 0 Å². The van der Waals surface area contributed by atoms with E-state index in [0.29, 0.717) is 23.0 Å². The quantitative estimate of drug-likeness (QED) is 0.910. The van der Waals surface area contributed by atoms with Crippen molar-refractivity contribution in [3.63, 3.8) is 0 Å². The fourth-order valence-corrected chi connectivity index (χ4v) is 2.04. The van der Waals surface area contributed by atoms with Crippen LogP contribution in [0.15, 0.2) is 28.7 Å². The first-order valence-corrected chi connectivity index (χ1v) is 6.27. The summed E-state index contributed by atoms with van der Waals surface area (Å²) in [6, 6.07) is 7.24. The van der Waals surface area contributed by atoms with E-state index in [1.54, 1.807) is 21.3 Å². The van der Waals surface area contributed by atoms with Crippen molar-refractivity contribution < 1.29 is 18.6 Å². The summed E-state index contributed by atoms with van der Waals surface area (Å²) in [5.41, 5.74) is 6.60. The van der Waals surface area contributed by atoms with Crippen LogP contribution in [0.25, 0.3) is 11.3 Å². The monoisotopic (exact) mass is 277 g/mol. The lowest BCUT2D eigenvalue weighted by atomic mass is 10.1. The van der Waals surface area contributed by atoms with Crippen LogP contribution in [0.1, 0.15) is 18.7 Å². The van der Waals surface area contributed by atoms with Gasteiger partial charge in [-0.3, -0.25) is 0 Å². The van der Waals surface area contributed by atoms with E-state index < -0.39 is 0 Å². The van der Waals surface area contributed by atoms with Crippen molar-refractivity contribution in [3.8, 4) is 28.6 Å². The lowest BCUT2D eigenvalue weighted by Gasteiger charge is -2.14. The van der Waals surface area contributed by atoms with Crippen molar-refractivity contribution >= 4 is 0 Å². The molecule has 2 aromatic rings. The molecule has 1 unspecified atom stereocenters. The van der Waals surface area contributed by atoms with E-state index in [1.807, 2.05) is 31.2 Å². The largest absolute Gasteiger partial charge is 0.493 e. The SMILES string of the molecule is COc1ccc(-c2ccc(C(C)N)o2)c(OC)c1OC. The second-order valence-electron chi connectivity index (χ2n) is 4.37. The number of ether oxygens (including phenoxy) is 3. The van der Waals surface area contributed by atoms with Gasteiger partial charge in [0, 0.05) is 0 Å². The molecule has 0 fully saturated rings. The Morgan fingerprint density at radius 1 is 0.950 bits per heavy atom. The molecule has 0 aliphatic rings. The molecule has 5 nitrogen and oxygen atoms in total. The molecule has 0 aliphatic carbocycles. The molecule has 0 saturated carbocycles. The number of rotatable bonds is 5. The normalized spacial score (nSPS) is 12.1. The molecule has 0 amide bonds. The molecule has 20 heavy (non-hydrogen) atoms. The van der Waals surface area contributed by atoms with Gasteiger partial charge in [-0.05, 0) is 31.2 Å². The molecule has 0 radical (unpaired) electrons. The van der Waals surface area contributed by atoms with Gasteiger partial charge in [0.2, 0.25) is 5.75 Å². The van der Waals surface area contributed by atoms with Crippen LogP contribution < -0.4 is 19.9 Å². The van der Waals surface area contributed by atoms with E-state index in [0.717, 1.165) is 11.3 Å². The van der Waals surface area contributed by atoms with Gasteiger partial charge in [-0.2, -0.15) is 0 Å². The fourth-order valence-electron chi connectivity index (χ4n) is 2.04. The molecular weight excluding hydrogens is 258 g/mol. The summed E-state index contributed by atoms with van der Waals surface area (Å²) in [5, 5.41) is 0. The van der Waals surface area contributed by atoms with Gasteiger partial charge < -0.3 is 24.4 Å². The Hall–Kier alpha value is -2.14. The molecule has 1 atom stereocenters. The van der Waals surface area contributed by atoms with Crippen molar-refractivity contribution in [2.24, 2.45) is 5.73 Å². The molecule has 1 heterocycles. The summed E-state index contributed by atoms with van der Waals surface area (Å²) in [6.07, 6.45) is 0. The van der Waals surface area contributed by atoms with Gasteiger partial charge in [0.05, 0.1) is 32.9 Å². The summed E-state index contributed by atoms with van der Waals surface area (Å²) in [4.78, 5) is 0. The van der Waals surface area contributed by atoms with Gasteiger partial charge in [0.1, 0.15) is 11.5 Å². The van der Waals surface area contributed by atoms with E-state index in [1.165, 1.54) is 0 Å². The highest BCUT2D eigenvalue weighted by Gasteiger charge is 2.19.